The molecule has 0 amide bonds. The number of hydrogen-bond donors (Lipinski definition) is 4. The lowest BCUT2D eigenvalue weighted by molar-refractivity contribution is -0.0447. The Morgan fingerprint density at radius 2 is 0.708 bits per heavy atom. The highest BCUT2D eigenvalue weighted by molar-refractivity contribution is 5.81. The molecule has 6 saturated carbocycles. The van der Waals surface area contributed by atoms with E-state index in [0.29, 0.717) is 61.7 Å². The molecule has 4 unspecified atom stereocenters. The van der Waals surface area contributed by atoms with Gasteiger partial charge >= 0.3 is 0 Å². The summed E-state index contributed by atoms with van der Waals surface area (Å²) in [4.78, 5) is 10.6. The Hall–Kier alpha value is -1.54. The van der Waals surface area contributed by atoms with Crippen molar-refractivity contribution in [2.24, 2.45) is 9.98 Å². The average Bonchev–Trinajstić information content (AvgIpc) is 3.12. The van der Waals surface area contributed by atoms with E-state index in [4.69, 9.17) is 19.5 Å². The summed E-state index contributed by atoms with van der Waals surface area (Å²) in [6, 6.07) is 3.03. The van der Waals surface area contributed by atoms with Crippen molar-refractivity contribution in [2.75, 3.05) is 13.2 Å². The van der Waals surface area contributed by atoms with Gasteiger partial charge in [-0.3, -0.25) is 0 Å². The van der Waals surface area contributed by atoms with Crippen molar-refractivity contribution in [1.82, 2.24) is 21.3 Å². The Bertz CT molecular complexity index is 875. The first-order valence-corrected chi connectivity index (χ1v) is 21.2. The Balaban J connectivity index is 0.924. The van der Waals surface area contributed by atoms with Crippen LogP contribution < -0.4 is 21.3 Å². The highest BCUT2D eigenvalue weighted by Gasteiger charge is 2.28. The van der Waals surface area contributed by atoms with Crippen LogP contribution in [0.2, 0.25) is 0 Å². The molecule has 6 fully saturated rings. The SMILES string of the molecule is C1CCC(N=C(NC2CCCCC2)NC2CCCC(OCCOC3CCCC(NC(=NC4CCCCC4)NC4CCCCC4)C3)C2)CC1. The molecule has 0 aromatic rings. The minimum absolute atomic E-state index is 0.315. The minimum atomic E-state index is 0.315. The van der Waals surface area contributed by atoms with E-state index in [2.05, 4.69) is 21.3 Å². The summed E-state index contributed by atoms with van der Waals surface area (Å²) in [7, 11) is 0. The predicted molar refractivity (Wildman–Crippen MR) is 199 cm³/mol. The fourth-order valence-electron chi connectivity index (χ4n) is 9.57. The number of rotatable bonds is 11. The number of aliphatic imine (C=N–C) groups is 2. The fraction of sp³-hybridized carbons (Fsp3) is 0.950. The molecular weight excluding hydrogens is 596 g/mol. The molecule has 6 aliphatic carbocycles. The van der Waals surface area contributed by atoms with E-state index in [0.717, 1.165) is 37.6 Å². The van der Waals surface area contributed by atoms with Gasteiger partial charge in [0.05, 0.1) is 37.5 Å². The molecule has 0 bridgehead atoms. The van der Waals surface area contributed by atoms with Crippen LogP contribution in [0.5, 0.6) is 0 Å². The molecule has 8 heteroatoms. The van der Waals surface area contributed by atoms with Crippen molar-refractivity contribution in [2.45, 2.75) is 228 Å². The van der Waals surface area contributed by atoms with Crippen LogP contribution in [0.4, 0.5) is 0 Å². The van der Waals surface area contributed by atoms with Gasteiger partial charge in [0, 0.05) is 24.2 Å². The normalized spacial score (nSPS) is 31.3. The Morgan fingerprint density at radius 1 is 0.375 bits per heavy atom. The topological polar surface area (TPSA) is 91.3 Å². The predicted octanol–water partition coefficient (Wildman–Crippen LogP) is 8.04. The third-order valence-electron chi connectivity index (χ3n) is 12.4. The van der Waals surface area contributed by atoms with Crippen LogP contribution in [-0.2, 0) is 9.47 Å². The zero-order chi connectivity index (χ0) is 32.6. The standard InChI is InChI=1S/C40H72N6O2/c1-5-15-31(16-6-1)41-39(42-32-17-7-2-8-18-32)45-35-23-13-25-37(29-35)47-27-28-48-38-26-14-24-36(30-38)46-40(43-33-19-9-3-10-20-33)44-34-21-11-4-12-22-34/h31-38H,1-30H2,(H2,41,42,45)(H2,43,44,46). The Morgan fingerprint density at radius 3 is 1.10 bits per heavy atom. The second-order valence-corrected chi connectivity index (χ2v) is 16.5. The molecule has 0 aromatic heterocycles. The third kappa shape index (κ3) is 12.7. The van der Waals surface area contributed by atoms with Gasteiger partial charge in [0.25, 0.3) is 0 Å². The first-order valence-electron chi connectivity index (χ1n) is 21.2. The molecule has 48 heavy (non-hydrogen) atoms. The molecule has 0 radical (unpaired) electrons. The summed E-state index contributed by atoms with van der Waals surface area (Å²) >= 11 is 0. The molecule has 6 rings (SSSR count). The second-order valence-electron chi connectivity index (χ2n) is 16.5. The summed E-state index contributed by atoms with van der Waals surface area (Å²) in [5.74, 6) is 2.17. The molecule has 4 N–H and O–H groups in total. The van der Waals surface area contributed by atoms with Crippen molar-refractivity contribution < 1.29 is 9.47 Å². The van der Waals surface area contributed by atoms with Crippen molar-refractivity contribution in [3.63, 3.8) is 0 Å². The average molecular weight is 669 g/mol. The maximum absolute atomic E-state index is 6.48. The van der Waals surface area contributed by atoms with Gasteiger partial charge in [0.1, 0.15) is 0 Å². The lowest BCUT2D eigenvalue weighted by atomic mass is 9.92. The van der Waals surface area contributed by atoms with E-state index in [1.807, 2.05) is 0 Å². The van der Waals surface area contributed by atoms with Gasteiger partial charge in [-0.2, -0.15) is 0 Å². The lowest BCUT2D eigenvalue weighted by Crippen LogP contribution is -2.50. The van der Waals surface area contributed by atoms with Gasteiger partial charge in [-0.1, -0.05) is 77.0 Å². The van der Waals surface area contributed by atoms with Crippen LogP contribution in [-0.4, -0.2) is 73.6 Å². The van der Waals surface area contributed by atoms with Gasteiger partial charge in [-0.25, -0.2) is 9.98 Å². The summed E-state index contributed by atoms with van der Waals surface area (Å²) in [5.41, 5.74) is 0. The molecule has 0 aromatic carbocycles. The quantitative estimate of drug-likeness (QED) is 0.101. The molecule has 8 nitrogen and oxygen atoms in total. The van der Waals surface area contributed by atoms with Gasteiger partial charge < -0.3 is 30.7 Å². The Labute approximate surface area is 293 Å². The zero-order valence-corrected chi connectivity index (χ0v) is 30.5. The molecule has 0 saturated heterocycles. The molecule has 0 spiro atoms. The van der Waals surface area contributed by atoms with Gasteiger partial charge in [-0.15, -0.1) is 0 Å². The summed E-state index contributed by atoms with van der Waals surface area (Å²) < 4.78 is 13.0. The van der Waals surface area contributed by atoms with Crippen LogP contribution in [0.3, 0.4) is 0 Å². The number of nitrogens with one attached hydrogen (secondary N) is 4. The molecule has 0 aliphatic heterocycles. The number of ether oxygens (including phenoxy) is 2. The minimum Gasteiger partial charge on any atom is -0.376 e. The molecule has 4 atom stereocenters. The Kier molecular flexibility index (Phi) is 15.4. The van der Waals surface area contributed by atoms with Crippen LogP contribution in [0.1, 0.15) is 180 Å². The van der Waals surface area contributed by atoms with E-state index >= 15 is 0 Å². The van der Waals surface area contributed by atoms with Crippen molar-refractivity contribution in [3.8, 4) is 0 Å². The smallest absolute Gasteiger partial charge is 0.191 e. The number of guanidine groups is 2. The van der Waals surface area contributed by atoms with Crippen LogP contribution in [0, 0.1) is 0 Å². The van der Waals surface area contributed by atoms with Crippen molar-refractivity contribution >= 4 is 11.9 Å². The van der Waals surface area contributed by atoms with Crippen molar-refractivity contribution in [3.05, 3.63) is 0 Å². The largest absolute Gasteiger partial charge is 0.376 e. The van der Waals surface area contributed by atoms with Crippen LogP contribution >= 0.6 is 0 Å². The fourth-order valence-corrected chi connectivity index (χ4v) is 9.57. The maximum atomic E-state index is 6.48. The van der Waals surface area contributed by atoms with Crippen molar-refractivity contribution in [1.29, 1.82) is 0 Å². The zero-order valence-electron chi connectivity index (χ0n) is 30.5. The second kappa shape index (κ2) is 20.3. The van der Waals surface area contributed by atoms with Gasteiger partial charge in [-0.05, 0) is 103 Å². The molecular formula is C40H72N6O2. The first kappa shape index (κ1) is 36.3. The summed E-state index contributed by atoms with van der Waals surface area (Å²) in [5, 5.41) is 15.5. The molecule has 6 aliphatic rings. The van der Waals surface area contributed by atoms with Gasteiger partial charge in [0.15, 0.2) is 11.9 Å². The lowest BCUT2D eigenvalue weighted by Gasteiger charge is -2.34. The summed E-state index contributed by atoms with van der Waals surface area (Å²) in [6.07, 6.45) is 36.3. The van der Waals surface area contributed by atoms with E-state index in [9.17, 15) is 0 Å². The van der Waals surface area contributed by atoms with Crippen LogP contribution in [0.15, 0.2) is 9.98 Å². The van der Waals surface area contributed by atoms with E-state index in [1.165, 1.54) is 154 Å². The number of nitrogens with zero attached hydrogens (tertiary/aromatic N) is 2. The van der Waals surface area contributed by atoms with Gasteiger partial charge in [0.2, 0.25) is 0 Å². The maximum Gasteiger partial charge on any atom is 0.191 e. The highest BCUT2D eigenvalue weighted by atomic mass is 16.5. The third-order valence-corrected chi connectivity index (χ3v) is 12.4. The van der Waals surface area contributed by atoms with E-state index < -0.39 is 0 Å². The number of hydrogen-bond acceptors (Lipinski definition) is 4. The van der Waals surface area contributed by atoms with E-state index in [-0.39, 0.29) is 0 Å². The molecule has 274 valence electrons. The van der Waals surface area contributed by atoms with Crippen LogP contribution in [0.25, 0.3) is 0 Å². The molecule has 0 heterocycles. The highest BCUT2D eigenvalue weighted by Crippen LogP contribution is 2.26. The monoisotopic (exact) mass is 669 g/mol. The van der Waals surface area contributed by atoms with E-state index in [1.54, 1.807) is 0 Å². The first-order chi connectivity index (χ1) is 23.7. The summed E-state index contributed by atoms with van der Waals surface area (Å²) in [6.45, 7) is 1.40.